The lowest BCUT2D eigenvalue weighted by Crippen LogP contribution is -2.22. The number of nitriles is 1. The van der Waals surface area contributed by atoms with Crippen molar-refractivity contribution in [2.24, 2.45) is 5.92 Å². The molecule has 4 aromatic rings. The Morgan fingerprint density at radius 1 is 1.13 bits per heavy atom. The van der Waals surface area contributed by atoms with E-state index in [0.29, 0.717) is 47.4 Å². The molecule has 0 atom stereocenters. The van der Waals surface area contributed by atoms with E-state index in [2.05, 4.69) is 40.3 Å². The van der Waals surface area contributed by atoms with Gasteiger partial charge in [0.1, 0.15) is 5.69 Å². The van der Waals surface area contributed by atoms with Crippen LogP contribution in [0, 0.1) is 17.2 Å². The Balaban J connectivity index is 1.79. The lowest BCUT2D eigenvalue weighted by molar-refractivity contribution is 0.522. The fourth-order valence-corrected chi connectivity index (χ4v) is 3.65. The lowest BCUT2D eigenvalue weighted by Gasteiger charge is -2.21. The molecule has 31 heavy (non-hydrogen) atoms. The second-order valence-corrected chi connectivity index (χ2v) is 7.94. The van der Waals surface area contributed by atoms with E-state index in [1.807, 2.05) is 52.9 Å². The molecule has 0 bridgehead atoms. The van der Waals surface area contributed by atoms with Crippen molar-refractivity contribution < 1.29 is 0 Å². The largest absolute Gasteiger partial charge is 0.340 e. The Bertz CT molecular complexity index is 1330. The standard InChI is InChI=1S/C23H23N7O/c1-15(2)13-30-21(20-18-9-4-5-10-19(18)22(31)27-25-20)26-28-23(30)29(3)14-17-8-6-7-16(11-17)12-24/h4-11,15H,13-14H2,1-3H3,(H,27,31). The highest BCUT2D eigenvalue weighted by Gasteiger charge is 2.21. The molecule has 0 saturated carbocycles. The smallest absolute Gasteiger partial charge is 0.272 e. The van der Waals surface area contributed by atoms with Gasteiger partial charge in [0.25, 0.3) is 5.56 Å². The molecule has 0 spiro atoms. The Kier molecular flexibility index (Phi) is 5.50. The van der Waals surface area contributed by atoms with E-state index in [9.17, 15) is 4.79 Å². The fourth-order valence-electron chi connectivity index (χ4n) is 3.65. The minimum absolute atomic E-state index is 0.232. The Labute approximate surface area is 179 Å². The third-order valence-electron chi connectivity index (χ3n) is 5.00. The maximum Gasteiger partial charge on any atom is 0.272 e. The summed E-state index contributed by atoms with van der Waals surface area (Å²) in [5.41, 5.74) is 1.99. The number of hydrogen-bond acceptors (Lipinski definition) is 6. The van der Waals surface area contributed by atoms with Crippen LogP contribution in [0.4, 0.5) is 5.95 Å². The molecule has 2 heterocycles. The molecule has 0 aliphatic carbocycles. The van der Waals surface area contributed by atoms with Gasteiger partial charge in [-0.05, 0) is 29.7 Å². The van der Waals surface area contributed by atoms with Crippen LogP contribution in [-0.2, 0) is 13.1 Å². The molecule has 0 aliphatic rings. The summed E-state index contributed by atoms with van der Waals surface area (Å²) in [5.74, 6) is 1.65. The molecule has 0 saturated heterocycles. The molecule has 8 nitrogen and oxygen atoms in total. The number of nitrogens with zero attached hydrogens (tertiary/aromatic N) is 6. The van der Waals surface area contributed by atoms with Crippen LogP contribution in [0.25, 0.3) is 22.3 Å². The van der Waals surface area contributed by atoms with Crippen molar-refractivity contribution in [3.63, 3.8) is 0 Å². The number of benzene rings is 2. The van der Waals surface area contributed by atoms with Crippen molar-refractivity contribution in [3.8, 4) is 17.6 Å². The van der Waals surface area contributed by atoms with Crippen molar-refractivity contribution >= 4 is 16.7 Å². The van der Waals surface area contributed by atoms with Gasteiger partial charge in [0, 0.05) is 25.5 Å². The van der Waals surface area contributed by atoms with Crippen LogP contribution < -0.4 is 10.5 Å². The molecular formula is C23H23N7O. The fraction of sp³-hybridized carbons (Fsp3) is 0.261. The number of aromatic nitrogens is 5. The van der Waals surface area contributed by atoms with E-state index in [0.717, 1.165) is 10.9 Å². The van der Waals surface area contributed by atoms with Gasteiger partial charge in [0.2, 0.25) is 5.95 Å². The average Bonchev–Trinajstić information content (AvgIpc) is 3.17. The van der Waals surface area contributed by atoms with Crippen LogP contribution in [-0.4, -0.2) is 32.0 Å². The summed E-state index contributed by atoms with van der Waals surface area (Å²) in [7, 11) is 1.95. The highest BCUT2D eigenvalue weighted by Crippen LogP contribution is 2.27. The first kappa shape index (κ1) is 20.3. The topological polar surface area (TPSA) is 103 Å². The summed E-state index contributed by atoms with van der Waals surface area (Å²) in [6.45, 7) is 5.52. The third kappa shape index (κ3) is 4.03. The van der Waals surface area contributed by atoms with Gasteiger partial charge in [-0.2, -0.15) is 10.4 Å². The second kappa shape index (κ2) is 8.40. The van der Waals surface area contributed by atoms with E-state index < -0.39 is 0 Å². The zero-order valence-corrected chi connectivity index (χ0v) is 17.7. The van der Waals surface area contributed by atoms with Gasteiger partial charge in [-0.25, -0.2) is 5.10 Å². The Morgan fingerprint density at radius 3 is 2.65 bits per heavy atom. The zero-order valence-electron chi connectivity index (χ0n) is 17.7. The van der Waals surface area contributed by atoms with Gasteiger partial charge in [-0.1, -0.05) is 44.2 Å². The molecule has 0 radical (unpaired) electrons. The summed E-state index contributed by atoms with van der Waals surface area (Å²) in [6.07, 6.45) is 0. The molecule has 2 aromatic heterocycles. The number of hydrogen-bond donors (Lipinski definition) is 1. The predicted octanol–water partition coefficient (Wildman–Crippen LogP) is 3.35. The monoisotopic (exact) mass is 413 g/mol. The first-order chi connectivity index (χ1) is 15.0. The van der Waals surface area contributed by atoms with Crippen molar-refractivity contribution in [3.05, 3.63) is 70.0 Å². The zero-order chi connectivity index (χ0) is 22.0. The second-order valence-electron chi connectivity index (χ2n) is 7.94. The maximum atomic E-state index is 12.2. The summed E-state index contributed by atoms with van der Waals surface area (Å²) in [6, 6.07) is 17.1. The van der Waals surface area contributed by atoms with Crippen molar-refractivity contribution in [1.29, 1.82) is 5.26 Å². The molecule has 4 rings (SSSR count). The van der Waals surface area contributed by atoms with Gasteiger partial charge in [0.15, 0.2) is 5.82 Å². The molecule has 2 aromatic carbocycles. The number of nitrogens with one attached hydrogen (secondary N) is 1. The van der Waals surface area contributed by atoms with Gasteiger partial charge >= 0.3 is 0 Å². The molecule has 0 unspecified atom stereocenters. The summed E-state index contributed by atoms with van der Waals surface area (Å²) in [5, 5.41) is 26.3. The van der Waals surface area contributed by atoms with Crippen molar-refractivity contribution in [2.45, 2.75) is 26.9 Å². The van der Waals surface area contributed by atoms with Crippen molar-refractivity contribution in [2.75, 3.05) is 11.9 Å². The number of aromatic amines is 1. The summed E-state index contributed by atoms with van der Waals surface area (Å²) < 4.78 is 2.03. The molecule has 0 amide bonds. The van der Waals surface area contributed by atoms with Gasteiger partial charge < -0.3 is 4.90 Å². The first-order valence-electron chi connectivity index (χ1n) is 10.1. The van der Waals surface area contributed by atoms with E-state index in [1.54, 1.807) is 12.1 Å². The first-order valence-corrected chi connectivity index (χ1v) is 10.1. The van der Waals surface area contributed by atoms with E-state index in [-0.39, 0.29) is 5.56 Å². The van der Waals surface area contributed by atoms with Crippen LogP contribution in [0.1, 0.15) is 25.0 Å². The van der Waals surface area contributed by atoms with Crippen molar-refractivity contribution in [1.82, 2.24) is 25.0 Å². The van der Waals surface area contributed by atoms with E-state index >= 15 is 0 Å². The van der Waals surface area contributed by atoms with Gasteiger partial charge in [-0.3, -0.25) is 9.36 Å². The predicted molar refractivity (Wildman–Crippen MR) is 119 cm³/mol. The van der Waals surface area contributed by atoms with Gasteiger partial charge in [0.05, 0.1) is 17.0 Å². The minimum atomic E-state index is -0.232. The molecule has 1 N–H and O–H groups in total. The number of H-pyrrole nitrogens is 1. The Morgan fingerprint density at radius 2 is 1.90 bits per heavy atom. The summed E-state index contributed by atoms with van der Waals surface area (Å²) in [4.78, 5) is 14.2. The number of fused-ring (bicyclic) bond motifs is 1. The number of rotatable bonds is 6. The maximum absolute atomic E-state index is 12.2. The normalized spacial score (nSPS) is 11.1. The molecule has 0 aliphatic heterocycles. The third-order valence-corrected chi connectivity index (χ3v) is 5.00. The number of anilines is 1. The van der Waals surface area contributed by atoms with Gasteiger partial charge in [-0.15, -0.1) is 10.2 Å². The lowest BCUT2D eigenvalue weighted by atomic mass is 10.1. The van der Waals surface area contributed by atoms with Crippen LogP contribution >= 0.6 is 0 Å². The summed E-state index contributed by atoms with van der Waals surface area (Å²) >= 11 is 0. The minimum Gasteiger partial charge on any atom is -0.340 e. The van der Waals surface area contributed by atoms with E-state index in [4.69, 9.17) is 5.26 Å². The average molecular weight is 413 g/mol. The highest BCUT2D eigenvalue weighted by atomic mass is 16.1. The molecule has 8 heteroatoms. The van der Waals surface area contributed by atoms with Crippen LogP contribution in [0.15, 0.2) is 53.3 Å². The van der Waals surface area contributed by atoms with Crippen LogP contribution in [0.5, 0.6) is 0 Å². The quantitative estimate of drug-likeness (QED) is 0.520. The molecular weight excluding hydrogens is 390 g/mol. The Hall–Kier alpha value is -3.99. The molecule has 156 valence electrons. The SMILES string of the molecule is CC(C)Cn1c(-c2n[nH]c(=O)c3ccccc23)nnc1N(C)Cc1cccc(C#N)c1. The highest BCUT2D eigenvalue weighted by molar-refractivity contribution is 5.92. The van der Waals surface area contributed by atoms with Crippen LogP contribution in [0.3, 0.4) is 0 Å². The van der Waals surface area contributed by atoms with E-state index in [1.165, 1.54) is 0 Å². The molecule has 0 fully saturated rings. The van der Waals surface area contributed by atoms with Crippen LogP contribution in [0.2, 0.25) is 0 Å².